The molecule has 0 aromatic rings. The van der Waals surface area contributed by atoms with Crippen molar-refractivity contribution in [2.45, 2.75) is 39.2 Å². The second-order valence-corrected chi connectivity index (χ2v) is 4.21. The van der Waals surface area contributed by atoms with Crippen LogP contribution in [-0.4, -0.2) is 31.6 Å². The highest BCUT2D eigenvalue weighted by atomic mass is 15.0. The van der Waals surface area contributed by atoms with Crippen molar-refractivity contribution in [2.75, 3.05) is 20.6 Å². The third-order valence-electron chi connectivity index (χ3n) is 2.25. The minimum absolute atomic E-state index is 0.396. The molecule has 2 nitrogen and oxygen atoms in total. The molecule has 0 rings (SSSR count). The van der Waals surface area contributed by atoms with E-state index in [1.54, 1.807) is 0 Å². The summed E-state index contributed by atoms with van der Waals surface area (Å²) in [6.07, 6.45) is 3.70. The average Bonchev–Trinajstić information content (AvgIpc) is 1.97. The summed E-state index contributed by atoms with van der Waals surface area (Å²) in [7, 11) is 4.23. The number of hydrogen-bond donors (Lipinski definition) is 1. The predicted octanol–water partition coefficient (Wildman–Crippen LogP) is 1.70. The lowest BCUT2D eigenvalue weighted by molar-refractivity contribution is 0.375. The van der Waals surface area contributed by atoms with E-state index in [0.29, 0.717) is 12.0 Å². The van der Waals surface area contributed by atoms with E-state index in [-0.39, 0.29) is 0 Å². The first-order valence-electron chi connectivity index (χ1n) is 4.94. The fourth-order valence-corrected chi connectivity index (χ4v) is 1.14. The molecule has 2 N–H and O–H groups in total. The SMILES string of the molecule is CC(C)C(N)CCCCN(C)C. The molecule has 2 heteroatoms. The Bertz CT molecular complexity index is 100. The zero-order chi connectivity index (χ0) is 9.56. The summed E-state index contributed by atoms with van der Waals surface area (Å²) < 4.78 is 0. The molecule has 0 bridgehead atoms. The van der Waals surface area contributed by atoms with Gasteiger partial charge in [0, 0.05) is 6.04 Å². The monoisotopic (exact) mass is 172 g/mol. The Labute approximate surface area is 77.1 Å². The zero-order valence-electron chi connectivity index (χ0n) is 9.01. The molecule has 0 aromatic carbocycles. The zero-order valence-corrected chi connectivity index (χ0v) is 9.01. The smallest absolute Gasteiger partial charge is 0.00619 e. The van der Waals surface area contributed by atoms with Crippen molar-refractivity contribution in [1.82, 2.24) is 4.90 Å². The van der Waals surface area contributed by atoms with Gasteiger partial charge < -0.3 is 10.6 Å². The van der Waals surface area contributed by atoms with Crippen LogP contribution in [0.4, 0.5) is 0 Å². The topological polar surface area (TPSA) is 29.3 Å². The van der Waals surface area contributed by atoms with E-state index in [0.717, 1.165) is 0 Å². The highest BCUT2D eigenvalue weighted by Gasteiger charge is 2.06. The van der Waals surface area contributed by atoms with E-state index >= 15 is 0 Å². The molecule has 0 aromatic heterocycles. The van der Waals surface area contributed by atoms with Crippen molar-refractivity contribution >= 4 is 0 Å². The van der Waals surface area contributed by atoms with Crippen LogP contribution in [-0.2, 0) is 0 Å². The Morgan fingerprint density at radius 3 is 2.17 bits per heavy atom. The Hall–Kier alpha value is -0.0800. The van der Waals surface area contributed by atoms with Crippen LogP contribution in [0.25, 0.3) is 0 Å². The maximum Gasteiger partial charge on any atom is 0.00619 e. The fourth-order valence-electron chi connectivity index (χ4n) is 1.14. The molecule has 74 valence electrons. The number of nitrogens with two attached hydrogens (primary N) is 1. The van der Waals surface area contributed by atoms with E-state index in [4.69, 9.17) is 5.73 Å². The lowest BCUT2D eigenvalue weighted by atomic mass is 9.99. The standard InChI is InChI=1S/C10H24N2/c1-9(2)10(11)7-5-6-8-12(3)4/h9-10H,5-8,11H2,1-4H3. The molecule has 1 unspecified atom stereocenters. The van der Waals surface area contributed by atoms with Gasteiger partial charge in [-0.3, -0.25) is 0 Å². The van der Waals surface area contributed by atoms with E-state index in [2.05, 4.69) is 32.8 Å². The number of nitrogens with zero attached hydrogens (tertiary/aromatic N) is 1. The van der Waals surface area contributed by atoms with Crippen molar-refractivity contribution in [3.05, 3.63) is 0 Å². The molecule has 0 aliphatic carbocycles. The largest absolute Gasteiger partial charge is 0.327 e. The van der Waals surface area contributed by atoms with Gasteiger partial charge in [0.05, 0.1) is 0 Å². The lowest BCUT2D eigenvalue weighted by Crippen LogP contribution is -2.26. The van der Waals surface area contributed by atoms with Crippen molar-refractivity contribution in [3.8, 4) is 0 Å². The molecule has 0 spiro atoms. The molecule has 0 heterocycles. The van der Waals surface area contributed by atoms with Crippen LogP contribution < -0.4 is 5.73 Å². The molecular formula is C10H24N2. The van der Waals surface area contributed by atoms with E-state index < -0.39 is 0 Å². The normalized spacial score (nSPS) is 14.2. The van der Waals surface area contributed by atoms with Crippen molar-refractivity contribution in [3.63, 3.8) is 0 Å². The Morgan fingerprint density at radius 1 is 1.17 bits per heavy atom. The Morgan fingerprint density at radius 2 is 1.75 bits per heavy atom. The first kappa shape index (κ1) is 11.9. The van der Waals surface area contributed by atoms with Crippen molar-refractivity contribution in [2.24, 2.45) is 11.7 Å². The van der Waals surface area contributed by atoms with Crippen LogP contribution in [0, 0.1) is 5.92 Å². The van der Waals surface area contributed by atoms with Gasteiger partial charge in [0.15, 0.2) is 0 Å². The van der Waals surface area contributed by atoms with Gasteiger partial charge in [-0.15, -0.1) is 0 Å². The third kappa shape index (κ3) is 6.62. The minimum atomic E-state index is 0.396. The molecule has 0 radical (unpaired) electrons. The molecule has 1 atom stereocenters. The second-order valence-electron chi connectivity index (χ2n) is 4.21. The first-order valence-corrected chi connectivity index (χ1v) is 4.94. The first-order chi connectivity index (χ1) is 5.54. The lowest BCUT2D eigenvalue weighted by Gasteiger charge is -2.15. The van der Waals surface area contributed by atoms with Crippen LogP contribution in [0.1, 0.15) is 33.1 Å². The van der Waals surface area contributed by atoms with Crippen LogP contribution in [0.2, 0.25) is 0 Å². The number of hydrogen-bond acceptors (Lipinski definition) is 2. The van der Waals surface area contributed by atoms with Gasteiger partial charge in [0.1, 0.15) is 0 Å². The minimum Gasteiger partial charge on any atom is -0.327 e. The van der Waals surface area contributed by atoms with Crippen LogP contribution in [0.15, 0.2) is 0 Å². The summed E-state index contributed by atoms with van der Waals surface area (Å²) in [5, 5.41) is 0. The Kier molecular flexibility index (Phi) is 6.39. The number of rotatable bonds is 6. The molecule has 0 saturated carbocycles. The van der Waals surface area contributed by atoms with Gasteiger partial charge in [-0.25, -0.2) is 0 Å². The van der Waals surface area contributed by atoms with Gasteiger partial charge >= 0.3 is 0 Å². The van der Waals surface area contributed by atoms with Gasteiger partial charge in [-0.05, 0) is 39.4 Å². The quantitative estimate of drug-likeness (QED) is 0.618. The molecule has 12 heavy (non-hydrogen) atoms. The average molecular weight is 172 g/mol. The predicted molar refractivity (Wildman–Crippen MR) is 55.2 cm³/mol. The van der Waals surface area contributed by atoms with Gasteiger partial charge in [-0.1, -0.05) is 20.3 Å². The Balaban J connectivity index is 3.20. The summed E-state index contributed by atoms with van der Waals surface area (Å²) in [6, 6.07) is 0.396. The fraction of sp³-hybridized carbons (Fsp3) is 1.00. The van der Waals surface area contributed by atoms with Gasteiger partial charge in [0.25, 0.3) is 0 Å². The van der Waals surface area contributed by atoms with Crippen molar-refractivity contribution in [1.29, 1.82) is 0 Å². The summed E-state index contributed by atoms with van der Waals surface area (Å²) in [5.74, 6) is 0.629. The molecule has 0 amide bonds. The molecule has 0 saturated heterocycles. The molecule has 0 fully saturated rings. The summed E-state index contributed by atoms with van der Waals surface area (Å²) in [4.78, 5) is 2.22. The van der Waals surface area contributed by atoms with E-state index in [1.165, 1.54) is 25.8 Å². The maximum absolute atomic E-state index is 5.92. The summed E-state index contributed by atoms with van der Waals surface area (Å²) in [5.41, 5.74) is 5.92. The van der Waals surface area contributed by atoms with E-state index in [9.17, 15) is 0 Å². The maximum atomic E-state index is 5.92. The molecule has 0 aliphatic rings. The van der Waals surface area contributed by atoms with Crippen LogP contribution >= 0.6 is 0 Å². The highest BCUT2D eigenvalue weighted by molar-refractivity contribution is 4.65. The van der Waals surface area contributed by atoms with Crippen LogP contribution in [0.5, 0.6) is 0 Å². The van der Waals surface area contributed by atoms with Gasteiger partial charge in [-0.2, -0.15) is 0 Å². The van der Waals surface area contributed by atoms with Gasteiger partial charge in [0.2, 0.25) is 0 Å². The van der Waals surface area contributed by atoms with E-state index in [1.807, 2.05) is 0 Å². The highest BCUT2D eigenvalue weighted by Crippen LogP contribution is 2.07. The summed E-state index contributed by atoms with van der Waals surface area (Å²) >= 11 is 0. The summed E-state index contributed by atoms with van der Waals surface area (Å²) in [6.45, 7) is 5.57. The molecule has 0 aliphatic heterocycles. The van der Waals surface area contributed by atoms with Crippen LogP contribution in [0.3, 0.4) is 0 Å². The second kappa shape index (κ2) is 6.44. The molecular weight excluding hydrogens is 148 g/mol. The van der Waals surface area contributed by atoms with Crippen molar-refractivity contribution < 1.29 is 0 Å². The number of unbranched alkanes of at least 4 members (excludes halogenated alkanes) is 1. The third-order valence-corrected chi connectivity index (χ3v) is 2.25.